The van der Waals surface area contributed by atoms with Crippen molar-refractivity contribution in [2.75, 3.05) is 13.2 Å². The van der Waals surface area contributed by atoms with Gasteiger partial charge in [0.2, 0.25) is 5.91 Å². The van der Waals surface area contributed by atoms with Crippen LogP contribution in [0.4, 0.5) is 4.39 Å². The maximum atomic E-state index is 13.5. The second-order valence-electron chi connectivity index (χ2n) is 6.29. The predicted molar refractivity (Wildman–Crippen MR) is 92.2 cm³/mol. The number of nitrogens with zero attached hydrogens (tertiary/aromatic N) is 1. The van der Waals surface area contributed by atoms with Gasteiger partial charge in [-0.1, -0.05) is 42.5 Å². The SMILES string of the molecule is O=C(CCOCc1ccccc1)N1C[C@@H](O)C[C@@H]1c1cccc(F)c1. The average Bonchev–Trinajstić information content (AvgIpc) is 3.01. The monoisotopic (exact) mass is 343 g/mol. The Kier molecular flexibility index (Phi) is 5.79. The standard InChI is InChI=1S/C20H22FNO3/c21-17-8-4-7-16(11-17)19-12-18(23)13-22(19)20(24)9-10-25-14-15-5-2-1-3-6-15/h1-8,11,18-19,23H,9-10,12-14H2/t18-,19+/m0/s1. The molecule has 1 aliphatic heterocycles. The van der Waals surface area contributed by atoms with Gasteiger partial charge in [0.05, 0.1) is 31.8 Å². The van der Waals surface area contributed by atoms with Gasteiger partial charge in [-0.3, -0.25) is 4.79 Å². The summed E-state index contributed by atoms with van der Waals surface area (Å²) in [5.41, 5.74) is 1.78. The number of hydrogen-bond acceptors (Lipinski definition) is 3. The normalized spacial score (nSPS) is 20.0. The fraction of sp³-hybridized carbons (Fsp3) is 0.350. The van der Waals surface area contributed by atoms with E-state index < -0.39 is 6.10 Å². The number of aliphatic hydroxyl groups is 1. The van der Waals surface area contributed by atoms with Crippen molar-refractivity contribution in [2.24, 2.45) is 0 Å². The van der Waals surface area contributed by atoms with E-state index in [0.29, 0.717) is 19.6 Å². The van der Waals surface area contributed by atoms with Gasteiger partial charge in [0.15, 0.2) is 0 Å². The maximum Gasteiger partial charge on any atom is 0.225 e. The molecule has 0 spiro atoms. The molecule has 0 aromatic heterocycles. The second kappa shape index (κ2) is 8.23. The highest BCUT2D eigenvalue weighted by Crippen LogP contribution is 2.32. The number of rotatable bonds is 6. The van der Waals surface area contributed by atoms with Crippen molar-refractivity contribution in [1.29, 1.82) is 0 Å². The van der Waals surface area contributed by atoms with Crippen molar-refractivity contribution >= 4 is 5.91 Å². The summed E-state index contributed by atoms with van der Waals surface area (Å²) in [6, 6.07) is 15.7. The highest BCUT2D eigenvalue weighted by Gasteiger charge is 2.35. The second-order valence-corrected chi connectivity index (χ2v) is 6.29. The molecule has 0 aliphatic carbocycles. The molecule has 5 heteroatoms. The van der Waals surface area contributed by atoms with Gasteiger partial charge in [-0.25, -0.2) is 4.39 Å². The van der Waals surface area contributed by atoms with Crippen LogP contribution in [-0.2, 0) is 16.1 Å². The summed E-state index contributed by atoms with van der Waals surface area (Å²) in [7, 11) is 0. The molecule has 1 amide bonds. The minimum absolute atomic E-state index is 0.0844. The molecule has 132 valence electrons. The molecule has 0 saturated carbocycles. The number of amides is 1. The number of benzene rings is 2. The Bertz CT molecular complexity index is 707. The van der Waals surface area contributed by atoms with Crippen molar-refractivity contribution in [3.05, 3.63) is 71.5 Å². The number of aliphatic hydroxyl groups excluding tert-OH is 1. The molecule has 0 unspecified atom stereocenters. The van der Waals surface area contributed by atoms with E-state index in [1.165, 1.54) is 12.1 Å². The summed E-state index contributed by atoms with van der Waals surface area (Å²) >= 11 is 0. The van der Waals surface area contributed by atoms with E-state index in [1.807, 2.05) is 30.3 Å². The summed E-state index contributed by atoms with van der Waals surface area (Å²) in [6.07, 6.45) is 0.0910. The predicted octanol–water partition coefficient (Wildman–Crippen LogP) is 3.07. The number of β-amino-alcohol motifs (C(OH)–C–C–N with tert-alkyl or cyclic N) is 1. The molecule has 2 aromatic carbocycles. The highest BCUT2D eigenvalue weighted by atomic mass is 19.1. The van der Waals surface area contributed by atoms with Crippen LogP contribution in [0.15, 0.2) is 54.6 Å². The molecule has 3 rings (SSSR count). The molecule has 1 N–H and O–H groups in total. The molecule has 0 radical (unpaired) electrons. The van der Waals surface area contributed by atoms with Gasteiger partial charge in [0.1, 0.15) is 5.82 Å². The Morgan fingerprint density at radius 2 is 2.00 bits per heavy atom. The van der Waals surface area contributed by atoms with Gasteiger partial charge in [-0.2, -0.15) is 0 Å². The third-order valence-corrected chi connectivity index (χ3v) is 4.40. The fourth-order valence-corrected chi connectivity index (χ4v) is 3.19. The molecule has 4 nitrogen and oxygen atoms in total. The molecule has 0 bridgehead atoms. The molecule has 1 aliphatic rings. The van der Waals surface area contributed by atoms with Crippen LogP contribution in [0.1, 0.15) is 30.0 Å². The Hall–Kier alpha value is -2.24. The van der Waals surface area contributed by atoms with Crippen LogP contribution in [0.25, 0.3) is 0 Å². The van der Waals surface area contributed by atoms with Crippen LogP contribution in [0.2, 0.25) is 0 Å². The van der Waals surface area contributed by atoms with Gasteiger partial charge in [0, 0.05) is 6.54 Å². The van der Waals surface area contributed by atoms with E-state index in [9.17, 15) is 14.3 Å². The van der Waals surface area contributed by atoms with Crippen LogP contribution in [0.3, 0.4) is 0 Å². The van der Waals surface area contributed by atoms with Crippen LogP contribution in [0, 0.1) is 5.82 Å². The van der Waals surface area contributed by atoms with E-state index in [1.54, 1.807) is 17.0 Å². The van der Waals surface area contributed by atoms with Gasteiger partial charge >= 0.3 is 0 Å². The van der Waals surface area contributed by atoms with Crippen LogP contribution < -0.4 is 0 Å². The Morgan fingerprint density at radius 3 is 2.76 bits per heavy atom. The van der Waals surface area contributed by atoms with E-state index in [0.717, 1.165) is 11.1 Å². The molecular formula is C20H22FNO3. The Balaban J connectivity index is 1.54. The first-order chi connectivity index (χ1) is 12.1. The Labute approximate surface area is 146 Å². The van der Waals surface area contributed by atoms with Gasteiger partial charge in [-0.05, 0) is 29.7 Å². The average molecular weight is 343 g/mol. The summed E-state index contributed by atoms with van der Waals surface area (Å²) in [5, 5.41) is 9.95. The minimum Gasteiger partial charge on any atom is -0.391 e. The molecule has 1 heterocycles. The first kappa shape index (κ1) is 17.6. The third kappa shape index (κ3) is 4.65. The van der Waals surface area contributed by atoms with Crippen LogP contribution >= 0.6 is 0 Å². The lowest BCUT2D eigenvalue weighted by Crippen LogP contribution is -2.32. The molecule has 2 atom stereocenters. The zero-order chi connectivity index (χ0) is 17.6. The van der Waals surface area contributed by atoms with Gasteiger partial charge < -0.3 is 14.7 Å². The van der Waals surface area contributed by atoms with Crippen molar-refractivity contribution in [1.82, 2.24) is 4.90 Å². The topological polar surface area (TPSA) is 49.8 Å². The maximum absolute atomic E-state index is 13.5. The molecular weight excluding hydrogens is 321 g/mol. The summed E-state index contributed by atoms with van der Waals surface area (Å²) in [4.78, 5) is 14.1. The van der Waals surface area contributed by atoms with E-state index in [-0.39, 0.29) is 30.7 Å². The Morgan fingerprint density at radius 1 is 1.20 bits per heavy atom. The first-order valence-electron chi connectivity index (χ1n) is 8.48. The largest absolute Gasteiger partial charge is 0.391 e. The number of carbonyl (C=O) groups is 1. The lowest BCUT2D eigenvalue weighted by atomic mass is 10.0. The van der Waals surface area contributed by atoms with Crippen LogP contribution in [0.5, 0.6) is 0 Å². The number of ether oxygens (including phenoxy) is 1. The van der Waals surface area contributed by atoms with Crippen molar-refractivity contribution in [2.45, 2.75) is 31.6 Å². The minimum atomic E-state index is -0.581. The van der Waals surface area contributed by atoms with E-state index in [2.05, 4.69) is 0 Å². The molecule has 2 aromatic rings. The molecule has 1 fully saturated rings. The third-order valence-electron chi connectivity index (χ3n) is 4.40. The first-order valence-corrected chi connectivity index (χ1v) is 8.48. The number of halogens is 1. The summed E-state index contributed by atoms with van der Waals surface area (Å²) < 4.78 is 19.0. The fourth-order valence-electron chi connectivity index (χ4n) is 3.19. The number of likely N-dealkylation sites (tertiary alicyclic amines) is 1. The van der Waals surface area contributed by atoms with E-state index >= 15 is 0 Å². The molecule has 1 saturated heterocycles. The van der Waals surface area contributed by atoms with Crippen molar-refractivity contribution in [3.8, 4) is 0 Å². The quantitative estimate of drug-likeness (QED) is 0.820. The molecule has 25 heavy (non-hydrogen) atoms. The lowest BCUT2D eigenvalue weighted by Gasteiger charge is -2.25. The zero-order valence-corrected chi connectivity index (χ0v) is 14.0. The summed E-state index contributed by atoms with van der Waals surface area (Å²) in [5.74, 6) is -0.420. The zero-order valence-electron chi connectivity index (χ0n) is 14.0. The lowest BCUT2D eigenvalue weighted by molar-refractivity contribution is -0.133. The number of hydrogen-bond donors (Lipinski definition) is 1. The van der Waals surface area contributed by atoms with Gasteiger partial charge in [-0.15, -0.1) is 0 Å². The van der Waals surface area contributed by atoms with Crippen molar-refractivity contribution in [3.63, 3.8) is 0 Å². The summed E-state index contributed by atoms with van der Waals surface area (Å²) in [6.45, 7) is 1.05. The highest BCUT2D eigenvalue weighted by molar-refractivity contribution is 5.77. The number of carbonyl (C=O) groups excluding carboxylic acids is 1. The van der Waals surface area contributed by atoms with Crippen molar-refractivity contribution < 1.29 is 19.0 Å². The van der Waals surface area contributed by atoms with E-state index in [4.69, 9.17) is 4.74 Å². The smallest absolute Gasteiger partial charge is 0.225 e. The van der Waals surface area contributed by atoms with Crippen LogP contribution in [-0.4, -0.2) is 35.2 Å². The van der Waals surface area contributed by atoms with Gasteiger partial charge in [0.25, 0.3) is 0 Å².